The zero-order valence-corrected chi connectivity index (χ0v) is 14.7. The van der Waals surface area contributed by atoms with Crippen LogP contribution in [0.3, 0.4) is 0 Å². The molecule has 0 aliphatic heterocycles. The van der Waals surface area contributed by atoms with Crippen molar-refractivity contribution in [3.05, 3.63) is 29.8 Å². The van der Waals surface area contributed by atoms with Gasteiger partial charge >= 0.3 is 0 Å². The average molecular weight is 322 g/mol. The molecule has 2 fully saturated rings. The van der Waals surface area contributed by atoms with Crippen molar-refractivity contribution in [2.75, 3.05) is 0 Å². The number of rotatable bonds is 4. The van der Waals surface area contributed by atoms with E-state index in [-0.39, 0.29) is 16.4 Å². The Morgan fingerprint density at radius 1 is 1.23 bits per heavy atom. The fourth-order valence-corrected chi connectivity index (χ4v) is 5.84. The molecule has 0 radical (unpaired) electrons. The summed E-state index contributed by atoms with van der Waals surface area (Å²) < 4.78 is 30.7. The first-order valence-electron chi connectivity index (χ1n) is 8.25. The molecule has 4 heteroatoms. The highest BCUT2D eigenvalue weighted by Gasteiger charge is 2.56. The Morgan fingerprint density at radius 2 is 1.86 bits per heavy atom. The maximum Gasteiger partial charge on any atom is 0.297 e. The molecule has 5 atom stereocenters. The molecule has 2 aliphatic carbocycles. The lowest BCUT2D eigenvalue weighted by atomic mass is 9.65. The van der Waals surface area contributed by atoms with E-state index in [4.69, 9.17) is 4.18 Å². The van der Waals surface area contributed by atoms with Gasteiger partial charge in [0.05, 0.1) is 11.0 Å². The van der Waals surface area contributed by atoms with Gasteiger partial charge in [-0.05, 0) is 63.0 Å². The molecule has 0 heterocycles. The van der Waals surface area contributed by atoms with E-state index in [0.717, 1.165) is 11.5 Å². The van der Waals surface area contributed by atoms with E-state index in [1.165, 1.54) is 19.3 Å². The summed E-state index contributed by atoms with van der Waals surface area (Å²) in [5, 5.41) is 0. The maximum absolute atomic E-state index is 12.5. The van der Waals surface area contributed by atoms with Gasteiger partial charge in [0, 0.05) is 5.41 Å². The Kier molecular flexibility index (Phi) is 3.89. The van der Waals surface area contributed by atoms with Gasteiger partial charge in [0.25, 0.3) is 10.1 Å². The molecule has 5 unspecified atom stereocenters. The second kappa shape index (κ2) is 5.34. The molecule has 2 saturated carbocycles. The third-order valence-electron chi connectivity index (χ3n) is 6.50. The quantitative estimate of drug-likeness (QED) is 0.782. The molecule has 122 valence electrons. The van der Waals surface area contributed by atoms with E-state index >= 15 is 0 Å². The van der Waals surface area contributed by atoms with Crippen molar-refractivity contribution in [3.63, 3.8) is 0 Å². The van der Waals surface area contributed by atoms with Gasteiger partial charge in [0.2, 0.25) is 0 Å². The summed E-state index contributed by atoms with van der Waals surface area (Å²) >= 11 is 0. The number of hydrogen-bond donors (Lipinski definition) is 0. The van der Waals surface area contributed by atoms with E-state index in [1.54, 1.807) is 12.1 Å². The highest BCUT2D eigenvalue weighted by molar-refractivity contribution is 7.86. The Labute approximate surface area is 134 Å². The zero-order valence-electron chi connectivity index (χ0n) is 13.9. The maximum atomic E-state index is 12.5. The number of hydrogen-bond acceptors (Lipinski definition) is 3. The molecule has 1 aromatic carbocycles. The van der Waals surface area contributed by atoms with E-state index in [0.29, 0.717) is 11.8 Å². The molecule has 0 N–H and O–H groups in total. The second-order valence-electron chi connectivity index (χ2n) is 7.43. The molecular formula is C18H26O3S. The van der Waals surface area contributed by atoms with Crippen molar-refractivity contribution in [2.45, 2.75) is 58.0 Å². The molecule has 3 rings (SSSR count). The molecule has 0 spiro atoms. The fourth-order valence-electron chi connectivity index (χ4n) is 4.67. The predicted molar refractivity (Wildman–Crippen MR) is 87.0 cm³/mol. The van der Waals surface area contributed by atoms with E-state index < -0.39 is 10.1 Å². The molecule has 0 saturated heterocycles. The molecule has 2 aliphatic rings. The predicted octanol–water partition coefficient (Wildman–Crippen LogP) is 4.16. The monoisotopic (exact) mass is 322 g/mol. The molecule has 0 aromatic heterocycles. The van der Waals surface area contributed by atoms with Crippen LogP contribution >= 0.6 is 0 Å². The van der Waals surface area contributed by atoms with Crippen LogP contribution in [0, 0.1) is 30.1 Å². The van der Waals surface area contributed by atoms with Crippen LogP contribution in [-0.2, 0) is 14.3 Å². The highest BCUT2D eigenvalue weighted by atomic mass is 32.2. The Balaban J connectivity index is 1.82. The minimum absolute atomic E-state index is 0.0410. The first kappa shape index (κ1) is 16.0. The van der Waals surface area contributed by atoms with Crippen LogP contribution in [-0.4, -0.2) is 14.5 Å². The van der Waals surface area contributed by atoms with Crippen LogP contribution in [0.1, 0.15) is 45.6 Å². The van der Waals surface area contributed by atoms with Crippen molar-refractivity contribution in [1.29, 1.82) is 0 Å². The standard InChI is InChI=1S/C18H26O3S/c1-12-5-9-17(10-6-12)22(19,20)21-14(3)18(4)13(2)15-7-8-16(18)11-15/h5-6,9-10,13-16H,7-8,11H2,1-4H3. The topological polar surface area (TPSA) is 43.4 Å². The average Bonchev–Trinajstić information content (AvgIpc) is 3.02. The van der Waals surface area contributed by atoms with Gasteiger partial charge in [-0.3, -0.25) is 4.18 Å². The van der Waals surface area contributed by atoms with E-state index in [9.17, 15) is 8.42 Å². The normalized spacial score (nSPS) is 35.7. The van der Waals surface area contributed by atoms with Crippen LogP contribution in [0.25, 0.3) is 0 Å². The minimum Gasteiger partial charge on any atom is -0.263 e. The summed E-state index contributed by atoms with van der Waals surface area (Å²) in [5.41, 5.74) is 1.00. The summed E-state index contributed by atoms with van der Waals surface area (Å²) in [4.78, 5) is 0.254. The van der Waals surface area contributed by atoms with Crippen LogP contribution < -0.4 is 0 Å². The van der Waals surface area contributed by atoms with Gasteiger partial charge in [-0.1, -0.05) is 31.5 Å². The molecule has 0 amide bonds. The summed E-state index contributed by atoms with van der Waals surface area (Å²) in [5.74, 6) is 1.85. The third kappa shape index (κ3) is 2.41. The van der Waals surface area contributed by atoms with E-state index in [1.807, 2.05) is 26.0 Å². The van der Waals surface area contributed by atoms with Gasteiger partial charge in [-0.15, -0.1) is 0 Å². The van der Waals surface area contributed by atoms with E-state index in [2.05, 4.69) is 13.8 Å². The fraction of sp³-hybridized carbons (Fsp3) is 0.667. The first-order chi connectivity index (χ1) is 10.2. The SMILES string of the molecule is Cc1ccc(S(=O)(=O)OC(C)C2(C)C3CCC(C3)C2C)cc1. The Hall–Kier alpha value is -0.870. The minimum atomic E-state index is -3.69. The van der Waals surface area contributed by atoms with Crippen molar-refractivity contribution in [2.24, 2.45) is 23.2 Å². The summed E-state index contributed by atoms with van der Waals surface area (Å²) in [6.45, 7) is 8.36. The summed E-state index contributed by atoms with van der Waals surface area (Å²) in [6.07, 6.45) is 3.45. The van der Waals surface area contributed by atoms with Crippen molar-refractivity contribution in [3.8, 4) is 0 Å². The highest BCUT2D eigenvalue weighted by Crippen LogP contribution is 2.61. The van der Waals surface area contributed by atoms with Crippen molar-refractivity contribution >= 4 is 10.1 Å². The lowest BCUT2D eigenvalue weighted by Gasteiger charge is -2.43. The zero-order chi connectivity index (χ0) is 16.1. The molecule has 2 bridgehead atoms. The first-order valence-corrected chi connectivity index (χ1v) is 9.66. The van der Waals surface area contributed by atoms with Crippen molar-refractivity contribution in [1.82, 2.24) is 0 Å². The number of aryl methyl sites for hydroxylation is 1. The van der Waals surface area contributed by atoms with Gasteiger partial charge in [0.15, 0.2) is 0 Å². The van der Waals surface area contributed by atoms with Gasteiger partial charge in [-0.2, -0.15) is 8.42 Å². The molecule has 22 heavy (non-hydrogen) atoms. The Bertz CT molecular complexity index is 645. The van der Waals surface area contributed by atoms with Crippen molar-refractivity contribution < 1.29 is 12.6 Å². The smallest absolute Gasteiger partial charge is 0.263 e. The number of benzene rings is 1. The molecule has 1 aromatic rings. The third-order valence-corrected chi connectivity index (χ3v) is 7.89. The number of fused-ring (bicyclic) bond motifs is 2. The van der Waals surface area contributed by atoms with Gasteiger partial charge in [-0.25, -0.2) is 0 Å². The molecule has 3 nitrogen and oxygen atoms in total. The van der Waals surface area contributed by atoms with Crippen LogP contribution in [0.4, 0.5) is 0 Å². The summed E-state index contributed by atoms with van der Waals surface area (Å²) in [7, 11) is -3.69. The summed E-state index contributed by atoms with van der Waals surface area (Å²) in [6, 6.07) is 6.87. The second-order valence-corrected chi connectivity index (χ2v) is 9.00. The largest absolute Gasteiger partial charge is 0.297 e. The Morgan fingerprint density at radius 3 is 2.41 bits per heavy atom. The lowest BCUT2D eigenvalue weighted by Crippen LogP contribution is -2.43. The molecular weight excluding hydrogens is 296 g/mol. The van der Waals surface area contributed by atoms with Gasteiger partial charge in [0.1, 0.15) is 0 Å². The van der Waals surface area contributed by atoms with Gasteiger partial charge < -0.3 is 0 Å². The lowest BCUT2D eigenvalue weighted by molar-refractivity contribution is -0.00786. The van der Waals surface area contributed by atoms with Crippen LogP contribution in [0.2, 0.25) is 0 Å². The van der Waals surface area contributed by atoms with Crippen LogP contribution in [0.15, 0.2) is 29.2 Å². The van der Waals surface area contributed by atoms with Crippen LogP contribution in [0.5, 0.6) is 0 Å².